The van der Waals surface area contributed by atoms with Gasteiger partial charge in [-0.05, 0) is 24.7 Å². The fourth-order valence-corrected chi connectivity index (χ4v) is 3.43. The average Bonchev–Trinajstić information content (AvgIpc) is 2.96. The highest BCUT2D eigenvalue weighted by Gasteiger charge is 2.38. The molecule has 18 heavy (non-hydrogen) atoms. The molecule has 5 heteroatoms. The van der Waals surface area contributed by atoms with Crippen molar-refractivity contribution in [3.05, 3.63) is 11.7 Å². The Kier molecular flexibility index (Phi) is 3.35. The predicted octanol–water partition coefficient (Wildman–Crippen LogP) is 1.19. The molecule has 0 radical (unpaired) electrons. The van der Waals surface area contributed by atoms with Crippen molar-refractivity contribution in [2.45, 2.75) is 45.2 Å². The van der Waals surface area contributed by atoms with E-state index in [0.717, 1.165) is 43.7 Å². The van der Waals surface area contributed by atoms with Crippen LogP contribution < -0.4 is 5.73 Å². The monoisotopic (exact) mass is 250 g/mol. The number of nitrogens with two attached hydrogens (primary N) is 1. The third kappa shape index (κ3) is 2.29. The number of aromatic nitrogens is 2. The Morgan fingerprint density at radius 3 is 3.00 bits per heavy atom. The van der Waals surface area contributed by atoms with Crippen molar-refractivity contribution in [2.24, 2.45) is 17.6 Å². The maximum absolute atomic E-state index is 6.22. The second kappa shape index (κ2) is 4.97. The molecule has 0 amide bonds. The summed E-state index contributed by atoms with van der Waals surface area (Å²) >= 11 is 0. The lowest BCUT2D eigenvalue weighted by molar-refractivity contribution is 0.252. The summed E-state index contributed by atoms with van der Waals surface area (Å²) in [5, 5.41) is 3.94. The molecular formula is C13H22N4O. The normalized spacial score (nSPS) is 32.7. The number of rotatable bonds is 3. The summed E-state index contributed by atoms with van der Waals surface area (Å²) < 4.78 is 5.26. The zero-order valence-electron chi connectivity index (χ0n) is 11.0. The lowest BCUT2D eigenvalue weighted by Crippen LogP contribution is -2.38. The Balaban J connectivity index is 1.61. The van der Waals surface area contributed by atoms with Crippen molar-refractivity contribution in [2.75, 3.05) is 13.1 Å². The molecular weight excluding hydrogens is 228 g/mol. The molecule has 2 heterocycles. The van der Waals surface area contributed by atoms with Gasteiger partial charge in [0, 0.05) is 25.6 Å². The highest BCUT2D eigenvalue weighted by atomic mass is 16.5. The summed E-state index contributed by atoms with van der Waals surface area (Å²) in [6.45, 7) is 5.06. The van der Waals surface area contributed by atoms with Crippen molar-refractivity contribution in [3.8, 4) is 0 Å². The van der Waals surface area contributed by atoms with Gasteiger partial charge in [0.05, 0.1) is 6.54 Å². The zero-order valence-corrected chi connectivity index (χ0v) is 11.0. The molecule has 5 nitrogen and oxygen atoms in total. The van der Waals surface area contributed by atoms with Crippen molar-refractivity contribution in [1.82, 2.24) is 15.0 Å². The van der Waals surface area contributed by atoms with Gasteiger partial charge < -0.3 is 10.3 Å². The van der Waals surface area contributed by atoms with E-state index in [0.29, 0.717) is 12.0 Å². The molecule has 2 aliphatic rings. The molecule has 1 saturated heterocycles. The third-order valence-corrected chi connectivity index (χ3v) is 4.41. The van der Waals surface area contributed by atoms with Crippen LogP contribution in [0.4, 0.5) is 0 Å². The van der Waals surface area contributed by atoms with E-state index in [2.05, 4.69) is 15.0 Å². The molecule has 1 aromatic rings. The largest absolute Gasteiger partial charge is 0.338 e. The van der Waals surface area contributed by atoms with E-state index in [4.69, 9.17) is 10.3 Å². The Morgan fingerprint density at radius 1 is 1.39 bits per heavy atom. The molecule has 0 aromatic carbocycles. The van der Waals surface area contributed by atoms with Crippen molar-refractivity contribution < 1.29 is 4.52 Å². The van der Waals surface area contributed by atoms with Crippen LogP contribution in [0.3, 0.4) is 0 Å². The van der Waals surface area contributed by atoms with Gasteiger partial charge in [-0.25, -0.2) is 0 Å². The fourth-order valence-electron chi connectivity index (χ4n) is 3.43. The second-order valence-corrected chi connectivity index (χ2v) is 5.67. The minimum absolute atomic E-state index is 0.391. The quantitative estimate of drug-likeness (QED) is 0.872. The van der Waals surface area contributed by atoms with E-state index in [1.54, 1.807) is 0 Å². The summed E-state index contributed by atoms with van der Waals surface area (Å²) in [6.07, 6.45) is 4.64. The average molecular weight is 250 g/mol. The number of nitrogens with zero attached hydrogens (tertiary/aromatic N) is 3. The van der Waals surface area contributed by atoms with Gasteiger partial charge in [0.25, 0.3) is 0 Å². The van der Waals surface area contributed by atoms with Gasteiger partial charge in [0.2, 0.25) is 5.89 Å². The van der Waals surface area contributed by atoms with Gasteiger partial charge in [-0.1, -0.05) is 18.5 Å². The summed E-state index contributed by atoms with van der Waals surface area (Å²) in [5.74, 6) is 3.01. The number of hydrogen-bond donors (Lipinski definition) is 1. The smallest absolute Gasteiger partial charge is 0.240 e. The summed E-state index contributed by atoms with van der Waals surface area (Å²) in [7, 11) is 0. The van der Waals surface area contributed by atoms with Crippen molar-refractivity contribution in [3.63, 3.8) is 0 Å². The van der Waals surface area contributed by atoms with E-state index in [1.165, 1.54) is 19.3 Å². The van der Waals surface area contributed by atoms with E-state index in [-0.39, 0.29) is 0 Å². The number of likely N-dealkylation sites (tertiary alicyclic amines) is 1. The highest BCUT2D eigenvalue weighted by molar-refractivity contribution is 4.95. The van der Waals surface area contributed by atoms with E-state index < -0.39 is 0 Å². The fraction of sp³-hybridized carbons (Fsp3) is 0.846. The Morgan fingerprint density at radius 2 is 2.28 bits per heavy atom. The van der Waals surface area contributed by atoms with Crippen LogP contribution in [0.15, 0.2) is 4.52 Å². The van der Waals surface area contributed by atoms with Crippen molar-refractivity contribution in [1.29, 1.82) is 0 Å². The van der Waals surface area contributed by atoms with Crippen LogP contribution in [-0.2, 0) is 13.0 Å². The Hall–Kier alpha value is -0.940. The van der Waals surface area contributed by atoms with Gasteiger partial charge >= 0.3 is 0 Å². The molecule has 1 aliphatic heterocycles. The van der Waals surface area contributed by atoms with E-state index in [1.807, 2.05) is 6.92 Å². The molecule has 3 atom stereocenters. The van der Waals surface area contributed by atoms with Crippen LogP contribution >= 0.6 is 0 Å². The van der Waals surface area contributed by atoms with Gasteiger partial charge in [-0.15, -0.1) is 0 Å². The lowest BCUT2D eigenvalue weighted by atomic mass is 9.78. The van der Waals surface area contributed by atoms with Gasteiger partial charge in [0.1, 0.15) is 0 Å². The first kappa shape index (κ1) is 12.1. The SMILES string of the molecule is CCc1noc(CN2CC3CCCC(N)C3C2)n1. The first-order chi connectivity index (χ1) is 8.76. The lowest BCUT2D eigenvalue weighted by Gasteiger charge is -2.29. The van der Waals surface area contributed by atoms with E-state index >= 15 is 0 Å². The first-order valence-electron chi connectivity index (χ1n) is 7.05. The van der Waals surface area contributed by atoms with Crippen LogP contribution in [0, 0.1) is 11.8 Å². The zero-order chi connectivity index (χ0) is 12.5. The van der Waals surface area contributed by atoms with Crippen LogP contribution in [0.25, 0.3) is 0 Å². The summed E-state index contributed by atoms with van der Waals surface area (Å²) in [4.78, 5) is 6.80. The molecule has 1 saturated carbocycles. The summed E-state index contributed by atoms with van der Waals surface area (Å²) in [5.41, 5.74) is 6.22. The molecule has 2 N–H and O–H groups in total. The van der Waals surface area contributed by atoms with Gasteiger partial charge in [-0.2, -0.15) is 4.98 Å². The third-order valence-electron chi connectivity index (χ3n) is 4.41. The van der Waals surface area contributed by atoms with Gasteiger partial charge in [-0.3, -0.25) is 4.90 Å². The summed E-state index contributed by atoms with van der Waals surface area (Å²) in [6, 6.07) is 0.391. The maximum atomic E-state index is 6.22. The van der Waals surface area contributed by atoms with Gasteiger partial charge in [0.15, 0.2) is 5.82 Å². The second-order valence-electron chi connectivity index (χ2n) is 5.67. The Bertz CT molecular complexity index is 405. The predicted molar refractivity (Wildman–Crippen MR) is 67.8 cm³/mol. The van der Waals surface area contributed by atoms with Crippen LogP contribution in [-0.4, -0.2) is 34.2 Å². The van der Waals surface area contributed by atoms with E-state index in [9.17, 15) is 0 Å². The molecule has 3 rings (SSSR count). The first-order valence-corrected chi connectivity index (χ1v) is 7.05. The number of fused-ring (bicyclic) bond motifs is 1. The standard InChI is InChI=1S/C13H22N4O/c1-2-12-15-13(18-16-12)8-17-6-9-4-3-5-11(14)10(9)7-17/h9-11H,2-8,14H2,1H3. The minimum Gasteiger partial charge on any atom is -0.338 e. The van der Waals surface area contributed by atoms with Crippen LogP contribution in [0.2, 0.25) is 0 Å². The maximum Gasteiger partial charge on any atom is 0.240 e. The highest BCUT2D eigenvalue weighted by Crippen LogP contribution is 2.35. The Labute approximate surface area is 108 Å². The topological polar surface area (TPSA) is 68.2 Å². The number of hydrogen-bond acceptors (Lipinski definition) is 5. The molecule has 1 aromatic heterocycles. The molecule has 0 bridgehead atoms. The minimum atomic E-state index is 0.391. The molecule has 1 aliphatic carbocycles. The number of aryl methyl sites for hydroxylation is 1. The molecule has 0 spiro atoms. The molecule has 100 valence electrons. The van der Waals surface area contributed by atoms with Crippen LogP contribution in [0.5, 0.6) is 0 Å². The molecule has 2 fully saturated rings. The van der Waals surface area contributed by atoms with Crippen molar-refractivity contribution >= 4 is 0 Å². The molecule has 3 unspecified atom stereocenters. The van der Waals surface area contributed by atoms with Crippen LogP contribution in [0.1, 0.15) is 37.9 Å².